The number of rotatable bonds is 5. The monoisotopic (exact) mass is 269 g/mol. The third kappa shape index (κ3) is 2.53. The molecule has 0 saturated heterocycles. The van der Waals surface area contributed by atoms with Crippen LogP contribution in [-0.4, -0.2) is 6.54 Å². The van der Waals surface area contributed by atoms with E-state index in [-0.39, 0.29) is 0 Å². The Bertz CT molecular complexity index is 415. The predicted octanol–water partition coefficient (Wildman–Crippen LogP) is 4.38. The second-order valence-electron chi connectivity index (χ2n) is 7.83. The molecule has 1 N–H and O–H groups in total. The molecule has 1 aromatic carbocycles. The van der Waals surface area contributed by atoms with E-state index in [2.05, 4.69) is 35.6 Å². The first-order valence-electron chi connectivity index (χ1n) is 8.56. The fourth-order valence-electron chi connectivity index (χ4n) is 5.78. The molecule has 0 atom stereocenters. The van der Waals surface area contributed by atoms with Gasteiger partial charge in [0.15, 0.2) is 0 Å². The molecule has 0 unspecified atom stereocenters. The van der Waals surface area contributed by atoms with Gasteiger partial charge >= 0.3 is 0 Å². The Kier molecular flexibility index (Phi) is 3.34. The lowest BCUT2D eigenvalue weighted by atomic mass is 9.49. The molecule has 0 radical (unpaired) electrons. The average Bonchev–Trinajstić information content (AvgIpc) is 2.43. The van der Waals surface area contributed by atoms with Crippen LogP contribution in [0.25, 0.3) is 0 Å². The maximum absolute atomic E-state index is 3.68. The first-order valence-corrected chi connectivity index (χ1v) is 8.56. The first-order chi connectivity index (χ1) is 9.81. The van der Waals surface area contributed by atoms with Crippen molar-refractivity contribution in [2.75, 3.05) is 6.54 Å². The van der Waals surface area contributed by atoms with Crippen LogP contribution in [-0.2, 0) is 6.54 Å². The van der Waals surface area contributed by atoms with Crippen molar-refractivity contribution in [3.05, 3.63) is 35.9 Å². The average molecular weight is 269 g/mol. The maximum Gasteiger partial charge on any atom is 0.0205 e. The Morgan fingerprint density at radius 1 is 0.900 bits per heavy atom. The quantitative estimate of drug-likeness (QED) is 0.782. The fraction of sp³-hybridized carbons (Fsp3) is 0.684. The lowest BCUT2D eigenvalue weighted by Gasteiger charge is -2.57. The molecule has 0 aromatic heterocycles. The van der Waals surface area contributed by atoms with Crippen LogP contribution in [0.15, 0.2) is 30.3 Å². The smallest absolute Gasteiger partial charge is 0.0205 e. The summed E-state index contributed by atoms with van der Waals surface area (Å²) >= 11 is 0. The van der Waals surface area contributed by atoms with E-state index in [0.29, 0.717) is 0 Å². The van der Waals surface area contributed by atoms with Crippen molar-refractivity contribution >= 4 is 0 Å². The summed E-state index contributed by atoms with van der Waals surface area (Å²) in [7, 11) is 0. The minimum absolute atomic E-state index is 0.735. The second kappa shape index (κ2) is 5.18. The summed E-state index contributed by atoms with van der Waals surface area (Å²) in [5, 5.41) is 3.68. The molecule has 4 saturated carbocycles. The highest BCUT2D eigenvalue weighted by atomic mass is 14.8. The summed E-state index contributed by atoms with van der Waals surface area (Å²) in [6.45, 7) is 2.24. The van der Waals surface area contributed by atoms with Crippen LogP contribution in [0.1, 0.15) is 50.5 Å². The molecule has 4 aliphatic rings. The molecule has 5 rings (SSSR count). The van der Waals surface area contributed by atoms with E-state index in [4.69, 9.17) is 0 Å². The van der Waals surface area contributed by atoms with Gasteiger partial charge in [-0.2, -0.15) is 0 Å². The highest BCUT2D eigenvalue weighted by Crippen LogP contribution is 2.61. The fourth-order valence-corrected chi connectivity index (χ4v) is 5.78. The lowest BCUT2D eigenvalue weighted by Crippen LogP contribution is -2.47. The van der Waals surface area contributed by atoms with Crippen LogP contribution < -0.4 is 5.32 Å². The highest BCUT2D eigenvalue weighted by molar-refractivity contribution is 5.14. The Hall–Kier alpha value is -0.820. The van der Waals surface area contributed by atoms with E-state index in [1.54, 1.807) is 38.5 Å². The van der Waals surface area contributed by atoms with Gasteiger partial charge < -0.3 is 5.32 Å². The Morgan fingerprint density at radius 3 is 2.10 bits per heavy atom. The van der Waals surface area contributed by atoms with Crippen LogP contribution in [0.3, 0.4) is 0 Å². The normalized spacial score (nSPS) is 38.3. The van der Waals surface area contributed by atoms with Crippen molar-refractivity contribution in [3.8, 4) is 0 Å². The first kappa shape index (κ1) is 12.9. The molecular formula is C19H27N. The highest BCUT2D eigenvalue weighted by Gasteiger charge is 2.50. The molecule has 4 bridgehead atoms. The number of hydrogen-bond acceptors (Lipinski definition) is 1. The molecule has 0 heterocycles. The maximum atomic E-state index is 3.68. The van der Waals surface area contributed by atoms with Crippen molar-refractivity contribution in [1.29, 1.82) is 0 Å². The molecule has 0 spiro atoms. The molecule has 1 heteroatoms. The SMILES string of the molecule is c1ccc(CNCCC23CC4CC(CC(C4)C2)C3)cc1. The summed E-state index contributed by atoms with van der Waals surface area (Å²) in [4.78, 5) is 0. The van der Waals surface area contributed by atoms with Crippen molar-refractivity contribution < 1.29 is 0 Å². The molecule has 1 aromatic rings. The van der Waals surface area contributed by atoms with Crippen LogP contribution in [0.4, 0.5) is 0 Å². The largest absolute Gasteiger partial charge is 0.313 e. The molecule has 20 heavy (non-hydrogen) atoms. The van der Waals surface area contributed by atoms with Gasteiger partial charge in [-0.1, -0.05) is 30.3 Å². The van der Waals surface area contributed by atoms with Gasteiger partial charge in [0.25, 0.3) is 0 Å². The van der Waals surface area contributed by atoms with Crippen molar-refractivity contribution in [2.45, 2.75) is 51.5 Å². The van der Waals surface area contributed by atoms with E-state index in [1.807, 2.05) is 0 Å². The zero-order chi connectivity index (χ0) is 13.4. The lowest BCUT2D eigenvalue weighted by molar-refractivity contribution is -0.0567. The zero-order valence-corrected chi connectivity index (χ0v) is 12.5. The molecular weight excluding hydrogens is 242 g/mol. The summed E-state index contributed by atoms with van der Waals surface area (Å²) in [5.74, 6) is 3.28. The standard InChI is InChI=1S/C19H27N/c1-2-4-15(5-3-1)14-20-7-6-19-11-16-8-17(12-19)10-18(9-16)13-19/h1-5,16-18,20H,6-14H2. The predicted molar refractivity (Wildman–Crippen MR) is 83.4 cm³/mol. The van der Waals surface area contributed by atoms with E-state index < -0.39 is 0 Å². The van der Waals surface area contributed by atoms with Gasteiger partial charge in [-0.3, -0.25) is 0 Å². The minimum atomic E-state index is 0.735. The van der Waals surface area contributed by atoms with Crippen molar-refractivity contribution in [2.24, 2.45) is 23.2 Å². The third-order valence-electron chi connectivity index (χ3n) is 6.17. The van der Waals surface area contributed by atoms with Crippen LogP contribution in [0.5, 0.6) is 0 Å². The Balaban J connectivity index is 1.29. The molecule has 1 nitrogen and oxygen atoms in total. The van der Waals surface area contributed by atoms with E-state index in [0.717, 1.165) is 29.7 Å². The zero-order valence-electron chi connectivity index (χ0n) is 12.5. The number of hydrogen-bond donors (Lipinski definition) is 1. The molecule has 4 fully saturated rings. The summed E-state index contributed by atoms with van der Waals surface area (Å²) < 4.78 is 0. The van der Waals surface area contributed by atoms with Gasteiger partial charge in [0, 0.05) is 6.54 Å². The summed E-state index contributed by atoms with van der Waals surface area (Å²) in [5.41, 5.74) is 2.15. The van der Waals surface area contributed by atoms with Crippen LogP contribution >= 0.6 is 0 Å². The molecule has 4 aliphatic carbocycles. The van der Waals surface area contributed by atoms with Gasteiger partial charge in [0.05, 0.1) is 0 Å². The Labute approximate surface area is 123 Å². The second-order valence-corrected chi connectivity index (χ2v) is 7.83. The third-order valence-corrected chi connectivity index (χ3v) is 6.17. The van der Waals surface area contributed by atoms with Crippen LogP contribution in [0, 0.1) is 23.2 Å². The Morgan fingerprint density at radius 2 is 1.50 bits per heavy atom. The van der Waals surface area contributed by atoms with Gasteiger partial charge in [0.1, 0.15) is 0 Å². The van der Waals surface area contributed by atoms with Crippen LogP contribution in [0.2, 0.25) is 0 Å². The summed E-state index contributed by atoms with van der Waals surface area (Å²) in [6.07, 6.45) is 10.8. The number of nitrogens with one attached hydrogen (secondary N) is 1. The minimum Gasteiger partial charge on any atom is -0.313 e. The molecule has 108 valence electrons. The topological polar surface area (TPSA) is 12.0 Å². The van der Waals surface area contributed by atoms with Crippen molar-refractivity contribution in [1.82, 2.24) is 5.32 Å². The summed E-state index contributed by atoms with van der Waals surface area (Å²) in [6, 6.07) is 10.8. The molecule has 0 amide bonds. The van der Waals surface area contributed by atoms with Gasteiger partial charge in [-0.25, -0.2) is 0 Å². The van der Waals surface area contributed by atoms with E-state index >= 15 is 0 Å². The van der Waals surface area contributed by atoms with Gasteiger partial charge in [0.2, 0.25) is 0 Å². The van der Waals surface area contributed by atoms with E-state index in [9.17, 15) is 0 Å². The van der Waals surface area contributed by atoms with Crippen molar-refractivity contribution in [3.63, 3.8) is 0 Å². The van der Waals surface area contributed by atoms with E-state index in [1.165, 1.54) is 18.5 Å². The van der Waals surface area contributed by atoms with Gasteiger partial charge in [-0.15, -0.1) is 0 Å². The molecule has 0 aliphatic heterocycles. The number of benzene rings is 1. The van der Waals surface area contributed by atoms with Gasteiger partial charge in [-0.05, 0) is 80.2 Å².